The van der Waals surface area contributed by atoms with Crippen molar-refractivity contribution in [2.24, 2.45) is 0 Å². The van der Waals surface area contributed by atoms with Gasteiger partial charge in [0.2, 0.25) is 0 Å². The highest BCUT2D eigenvalue weighted by atomic mass is 35.5. The fraction of sp³-hybridized carbons (Fsp3) is 0.500. The Morgan fingerprint density at radius 1 is 1.36 bits per heavy atom. The summed E-state index contributed by atoms with van der Waals surface area (Å²) in [6.45, 7) is 6.39. The second-order valence-corrected chi connectivity index (χ2v) is 4.81. The molecule has 0 spiro atoms. The molecule has 0 saturated carbocycles. The van der Waals surface area contributed by atoms with E-state index in [4.69, 9.17) is 11.6 Å². The van der Waals surface area contributed by atoms with Crippen molar-refractivity contribution in [3.8, 4) is 0 Å². The smallest absolute Gasteiger partial charge is 0.0441 e. The molecule has 0 fully saturated rings. The number of halogens is 1. The fourth-order valence-corrected chi connectivity index (χ4v) is 1.66. The number of aryl methyl sites for hydroxylation is 1. The third kappa shape index (κ3) is 3.00. The zero-order chi connectivity index (χ0) is 10.8. The van der Waals surface area contributed by atoms with Crippen LogP contribution in [0, 0.1) is 6.92 Å². The van der Waals surface area contributed by atoms with Gasteiger partial charge in [-0.2, -0.15) is 0 Å². The molecular weight excluding hydrogens is 194 g/mol. The lowest BCUT2D eigenvalue weighted by atomic mass is 9.95. The van der Waals surface area contributed by atoms with Gasteiger partial charge in [0, 0.05) is 10.6 Å². The summed E-state index contributed by atoms with van der Waals surface area (Å²) in [5, 5.41) is 4.14. The van der Waals surface area contributed by atoms with Crippen LogP contribution in [0.4, 0.5) is 0 Å². The van der Waals surface area contributed by atoms with Gasteiger partial charge in [0.15, 0.2) is 0 Å². The van der Waals surface area contributed by atoms with Gasteiger partial charge >= 0.3 is 0 Å². The zero-order valence-electron chi connectivity index (χ0n) is 9.32. The number of likely N-dealkylation sites (N-methyl/N-ethyl adjacent to an activating group) is 1. The van der Waals surface area contributed by atoms with E-state index in [2.05, 4.69) is 38.2 Å². The maximum absolute atomic E-state index is 6.16. The van der Waals surface area contributed by atoms with Crippen LogP contribution >= 0.6 is 11.6 Å². The number of rotatable bonds is 3. The summed E-state index contributed by atoms with van der Waals surface area (Å²) >= 11 is 6.16. The molecule has 0 aliphatic rings. The molecule has 1 N–H and O–H groups in total. The Balaban J connectivity index is 2.87. The van der Waals surface area contributed by atoms with Crippen LogP contribution in [-0.4, -0.2) is 12.6 Å². The Kier molecular flexibility index (Phi) is 3.57. The summed E-state index contributed by atoms with van der Waals surface area (Å²) in [6.07, 6.45) is 0.947. The Morgan fingerprint density at radius 3 is 2.50 bits per heavy atom. The van der Waals surface area contributed by atoms with Gasteiger partial charge in [0.1, 0.15) is 0 Å². The van der Waals surface area contributed by atoms with E-state index in [0.717, 1.165) is 11.4 Å². The van der Waals surface area contributed by atoms with Crippen molar-refractivity contribution in [2.45, 2.75) is 32.7 Å². The topological polar surface area (TPSA) is 12.0 Å². The van der Waals surface area contributed by atoms with Crippen molar-refractivity contribution in [3.05, 3.63) is 34.3 Å². The number of benzene rings is 1. The molecule has 0 aliphatic heterocycles. The van der Waals surface area contributed by atoms with Crippen molar-refractivity contribution in [3.63, 3.8) is 0 Å². The van der Waals surface area contributed by atoms with Crippen molar-refractivity contribution in [2.75, 3.05) is 7.05 Å². The minimum absolute atomic E-state index is 0.0961. The lowest BCUT2D eigenvalue weighted by Gasteiger charge is -2.24. The highest BCUT2D eigenvalue weighted by Gasteiger charge is 2.16. The second-order valence-electron chi connectivity index (χ2n) is 4.41. The van der Waals surface area contributed by atoms with Gasteiger partial charge in [-0.3, -0.25) is 0 Å². The summed E-state index contributed by atoms with van der Waals surface area (Å²) in [6, 6.07) is 6.23. The summed E-state index contributed by atoms with van der Waals surface area (Å²) in [7, 11) is 1.97. The molecule has 1 nitrogen and oxygen atoms in total. The Morgan fingerprint density at radius 2 is 2.00 bits per heavy atom. The van der Waals surface area contributed by atoms with Gasteiger partial charge in [-0.25, -0.2) is 0 Å². The first-order valence-electron chi connectivity index (χ1n) is 4.88. The van der Waals surface area contributed by atoms with Gasteiger partial charge in [-0.1, -0.05) is 23.7 Å². The molecule has 14 heavy (non-hydrogen) atoms. The van der Waals surface area contributed by atoms with Crippen LogP contribution in [-0.2, 0) is 6.42 Å². The number of nitrogens with one attached hydrogen (secondary N) is 1. The van der Waals surface area contributed by atoms with Gasteiger partial charge in [-0.05, 0) is 51.4 Å². The number of hydrogen-bond donors (Lipinski definition) is 1. The van der Waals surface area contributed by atoms with Crippen molar-refractivity contribution < 1.29 is 0 Å². The molecule has 0 aromatic heterocycles. The molecule has 0 heterocycles. The van der Waals surface area contributed by atoms with Crippen molar-refractivity contribution >= 4 is 11.6 Å². The first kappa shape index (κ1) is 11.5. The van der Waals surface area contributed by atoms with E-state index in [1.54, 1.807) is 0 Å². The molecule has 2 heteroatoms. The van der Waals surface area contributed by atoms with Crippen molar-refractivity contribution in [1.82, 2.24) is 5.32 Å². The van der Waals surface area contributed by atoms with Gasteiger partial charge < -0.3 is 5.32 Å². The van der Waals surface area contributed by atoms with E-state index in [-0.39, 0.29) is 5.54 Å². The monoisotopic (exact) mass is 211 g/mol. The molecule has 1 aromatic carbocycles. The molecule has 0 aliphatic carbocycles. The predicted octanol–water partition coefficient (Wildman–Crippen LogP) is 3.19. The van der Waals surface area contributed by atoms with Crippen LogP contribution in [0.3, 0.4) is 0 Å². The molecule has 1 aromatic rings. The third-order valence-corrected chi connectivity index (χ3v) is 2.87. The summed E-state index contributed by atoms with van der Waals surface area (Å²) in [5.74, 6) is 0. The van der Waals surface area contributed by atoms with Gasteiger partial charge in [0.25, 0.3) is 0 Å². The molecule has 0 radical (unpaired) electrons. The molecule has 0 saturated heterocycles. The standard InChI is InChI=1S/C12H18ClN/c1-9-5-6-10(11(13)7-9)8-12(2,3)14-4/h5-7,14H,8H2,1-4H3. The molecule has 0 bridgehead atoms. The molecule has 1 rings (SSSR count). The van der Waals surface area contributed by atoms with E-state index in [1.165, 1.54) is 11.1 Å². The number of hydrogen-bond acceptors (Lipinski definition) is 1. The zero-order valence-corrected chi connectivity index (χ0v) is 10.1. The van der Waals surface area contributed by atoms with E-state index in [9.17, 15) is 0 Å². The first-order valence-corrected chi connectivity index (χ1v) is 5.26. The quantitative estimate of drug-likeness (QED) is 0.810. The normalized spacial score (nSPS) is 11.8. The minimum atomic E-state index is 0.0961. The highest BCUT2D eigenvalue weighted by molar-refractivity contribution is 6.31. The van der Waals surface area contributed by atoms with Crippen LogP contribution in [0.2, 0.25) is 5.02 Å². The molecule has 78 valence electrons. The maximum Gasteiger partial charge on any atom is 0.0441 e. The van der Waals surface area contributed by atoms with E-state index >= 15 is 0 Å². The van der Waals surface area contributed by atoms with Crippen LogP contribution in [0.25, 0.3) is 0 Å². The van der Waals surface area contributed by atoms with Crippen LogP contribution in [0.15, 0.2) is 18.2 Å². The summed E-state index contributed by atoms with van der Waals surface area (Å²) < 4.78 is 0. The Bertz CT molecular complexity index is 318. The van der Waals surface area contributed by atoms with Gasteiger partial charge in [-0.15, -0.1) is 0 Å². The summed E-state index contributed by atoms with van der Waals surface area (Å²) in [5.41, 5.74) is 2.51. The second kappa shape index (κ2) is 4.33. The minimum Gasteiger partial charge on any atom is -0.314 e. The van der Waals surface area contributed by atoms with Crippen LogP contribution < -0.4 is 5.32 Å². The van der Waals surface area contributed by atoms with Crippen LogP contribution in [0.1, 0.15) is 25.0 Å². The fourth-order valence-electron chi connectivity index (χ4n) is 1.36. The van der Waals surface area contributed by atoms with Crippen LogP contribution in [0.5, 0.6) is 0 Å². The Labute approximate surface area is 91.5 Å². The lowest BCUT2D eigenvalue weighted by Crippen LogP contribution is -2.38. The van der Waals surface area contributed by atoms with Crippen molar-refractivity contribution in [1.29, 1.82) is 0 Å². The molecule has 0 unspecified atom stereocenters. The average molecular weight is 212 g/mol. The largest absolute Gasteiger partial charge is 0.314 e. The first-order chi connectivity index (χ1) is 6.44. The third-order valence-electron chi connectivity index (χ3n) is 2.52. The SMILES string of the molecule is CNC(C)(C)Cc1ccc(C)cc1Cl. The van der Waals surface area contributed by atoms with E-state index in [1.807, 2.05) is 13.1 Å². The molecular formula is C12H18ClN. The van der Waals surface area contributed by atoms with Gasteiger partial charge in [0.05, 0.1) is 0 Å². The predicted molar refractivity (Wildman–Crippen MR) is 63.0 cm³/mol. The Hall–Kier alpha value is -0.530. The lowest BCUT2D eigenvalue weighted by molar-refractivity contribution is 0.422. The van der Waals surface area contributed by atoms with E-state index in [0.29, 0.717) is 0 Å². The molecule has 0 atom stereocenters. The average Bonchev–Trinajstić information content (AvgIpc) is 2.10. The summed E-state index contributed by atoms with van der Waals surface area (Å²) in [4.78, 5) is 0. The molecule has 0 amide bonds. The highest BCUT2D eigenvalue weighted by Crippen LogP contribution is 2.22. The maximum atomic E-state index is 6.16. The van der Waals surface area contributed by atoms with E-state index < -0.39 is 0 Å².